The van der Waals surface area contributed by atoms with Crippen LogP contribution in [0.5, 0.6) is 0 Å². The van der Waals surface area contributed by atoms with E-state index in [1.54, 1.807) is 13.2 Å². The van der Waals surface area contributed by atoms with Crippen LogP contribution < -0.4 is 5.32 Å². The summed E-state index contributed by atoms with van der Waals surface area (Å²) in [4.78, 5) is 0. The molecular weight excluding hydrogens is 269 g/mol. The summed E-state index contributed by atoms with van der Waals surface area (Å²) < 4.78 is 5.11. The largest absolute Gasteiger partial charge is 0.385 e. The van der Waals surface area contributed by atoms with E-state index >= 15 is 0 Å². The monoisotopic (exact) mass is 289 g/mol. The molecule has 18 heavy (non-hydrogen) atoms. The molecule has 0 heterocycles. The molecule has 102 valence electrons. The molecule has 1 N–H and O–H groups in total. The van der Waals surface area contributed by atoms with Gasteiger partial charge in [0.1, 0.15) is 0 Å². The predicted octanol–water partition coefficient (Wildman–Crippen LogP) is 4.15. The molecule has 0 radical (unpaired) electrons. The van der Waals surface area contributed by atoms with Crippen molar-refractivity contribution < 1.29 is 4.74 Å². The zero-order valence-corrected chi connectivity index (χ0v) is 12.7. The van der Waals surface area contributed by atoms with Crippen LogP contribution in [0.25, 0.3) is 0 Å². The van der Waals surface area contributed by atoms with E-state index in [2.05, 4.69) is 19.2 Å². The van der Waals surface area contributed by atoms with Crippen LogP contribution in [0.3, 0.4) is 0 Å². The van der Waals surface area contributed by atoms with E-state index < -0.39 is 0 Å². The lowest BCUT2D eigenvalue weighted by atomic mass is 9.89. The van der Waals surface area contributed by atoms with Gasteiger partial charge in [0.25, 0.3) is 0 Å². The zero-order valence-electron chi connectivity index (χ0n) is 11.2. The van der Waals surface area contributed by atoms with Gasteiger partial charge in [0.05, 0.1) is 0 Å². The molecule has 0 bridgehead atoms. The van der Waals surface area contributed by atoms with Crippen LogP contribution in [-0.4, -0.2) is 20.3 Å². The predicted molar refractivity (Wildman–Crippen MR) is 78.4 cm³/mol. The second-order valence-electron chi connectivity index (χ2n) is 5.25. The summed E-state index contributed by atoms with van der Waals surface area (Å²) in [5.74, 6) is 0. The van der Waals surface area contributed by atoms with Gasteiger partial charge < -0.3 is 10.1 Å². The Labute approximate surface area is 120 Å². The average molecular weight is 290 g/mol. The van der Waals surface area contributed by atoms with E-state index in [1.807, 2.05) is 12.1 Å². The molecule has 0 unspecified atom stereocenters. The Balaban J connectivity index is 2.41. The van der Waals surface area contributed by atoms with Crippen molar-refractivity contribution in [2.24, 2.45) is 5.41 Å². The number of methoxy groups -OCH3 is 1. The Kier molecular flexibility index (Phi) is 6.44. The summed E-state index contributed by atoms with van der Waals surface area (Å²) in [6, 6.07) is 5.59. The number of hydrogen-bond donors (Lipinski definition) is 1. The van der Waals surface area contributed by atoms with Crippen molar-refractivity contribution in [3.05, 3.63) is 33.8 Å². The molecule has 1 aromatic carbocycles. The summed E-state index contributed by atoms with van der Waals surface area (Å²) in [5, 5.41) is 4.81. The van der Waals surface area contributed by atoms with E-state index in [0.717, 1.165) is 31.7 Å². The normalized spacial score (nSPS) is 11.8. The minimum absolute atomic E-state index is 0.217. The Morgan fingerprint density at radius 3 is 2.61 bits per heavy atom. The molecular formula is C14H21Cl2NO. The summed E-state index contributed by atoms with van der Waals surface area (Å²) in [7, 11) is 1.73. The van der Waals surface area contributed by atoms with Crippen LogP contribution in [0.1, 0.15) is 25.8 Å². The van der Waals surface area contributed by atoms with Gasteiger partial charge in [-0.25, -0.2) is 0 Å². The van der Waals surface area contributed by atoms with Crippen molar-refractivity contribution in [3.63, 3.8) is 0 Å². The molecule has 0 saturated heterocycles. The Morgan fingerprint density at radius 2 is 2.00 bits per heavy atom. The molecule has 0 aliphatic heterocycles. The lowest BCUT2D eigenvalue weighted by molar-refractivity contribution is 0.150. The fourth-order valence-corrected chi connectivity index (χ4v) is 2.14. The first-order chi connectivity index (χ1) is 8.44. The molecule has 2 nitrogen and oxygen atoms in total. The zero-order chi connectivity index (χ0) is 13.6. The molecule has 0 atom stereocenters. The van der Waals surface area contributed by atoms with Crippen LogP contribution in [0.15, 0.2) is 18.2 Å². The van der Waals surface area contributed by atoms with Crippen LogP contribution in [0.2, 0.25) is 10.0 Å². The quantitative estimate of drug-likeness (QED) is 0.814. The van der Waals surface area contributed by atoms with Gasteiger partial charge in [-0.2, -0.15) is 0 Å². The molecule has 0 amide bonds. The Hall–Kier alpha value is -0.280. The third-order valence-corrected chi connectivity index (χ3v) is 3.50. The third-order valence-electron chi connectivity index (χ3n) is 2.92. The van der Waals surface area contributed by atoms with Crippen molar-refractivity contribution in [3.8, 4) is 0 Å². The SMILES string of the molecule is COCCC(C)(C)CNCc1ccc(Cl)cc1Cl. The maximum absolute atomic E-state index is 6.12. The number of halogens is 2. The van der Waals surface area contributed by atoms with Gasteiger partial charge in [0.15, 0.2) is 0 Å². The first kappa shape index (κ1) is 15.8. The van der Waals surface area contributed by atoms with E-state index in [0.29, 0.717) is 10.0 Å². The van der Waals surface area contributed by atoms with E-state index in [9.17, 15) is 0 Å². The summed E-state index contributed by atoms with van der Waals surface area (Å²) in [6.07, 6.45) is 1.03. The number of ether oxygens (including phenoxy) is 1. The van der Waals surface area contributed by atoms with Gasteiger partial charge in [-0.15, -0.1) is 0 Å². The fourth-order valence-electron chi connectivity index (χ4n) is 1.67. The second-order valence-corrected chi connectivity index (χ2v) is 6.09. The van der Waals surface area contributed by atoms with Crippen molar-refractivity contribution in [1.29, 1.82) is 0 Å². The highest BCUT2D eigenvalue weighted by atomic mass is 35.5. The maximum atomic E-state index is 6.12. The minimum Gasteiger partial charge on any atom is -0.385 e. The molecule has 0 saturated carbocycles. The highest BCUT2D eigenvalue weighted by Crippen LogP contribution is 2.22. The summed E-state index contributed by atoms with van der Waals surface area (Å²) in [6.45, 7) is 6.92. The van der Waals surface area contributed by atoms with E-state index in [-0.39, 0.29) is 5.41 Å². The van der Waals surface area contributed by atoms with Crippen molar-refractivity contribution in [1.82, 2.24) is 5.32 Å². The fraction of sp³-hybridized carbons (Fsp3) is 0.571. The number of benzene rings is 1. The first-order valence-corrected chi connectivity index (χ1v) is 6.84. The molecule has 0 fully saturated rings. The Morgan fingerprint density at radius 1 is 1.28 bits per heavy atom. The molecule has 4 heteroatoms. The highest BCUT2D eigenvalue weighted by Gasteiger charge is 2.16. The van der Waals surface area contributed by atoms with Gasteiger partial charge in [-0.3, -0.25) is 0 Å². The van der Waals surface area contributed by atoms with Crippen molar-refractivity contribution >= 4 is 23.2 Å². The van der Waals surface area contributed by atoms with Crippen LogP contribution >= 0.6 is 23.2 Å². The molecule has 0 spiro atoms. The number of nitrogens with one attached hydrogen (secondary N) is 1. The molecule has 0 aliphatic carbocycles. The van der Waals surface area contributed by atoms with Gasteiger partial charge in [0, 0.05) is 36.9 Å². The maximum Gasteiger partial charge on any atom is 0.0467 e. The van der Waals surface area contributed by atoms with Gasteiger partial charge >= 0.3 is 0 Å². The van der Waals surface area contributed by atoms with Crippen LogP contribution in [0, 0.1) is 5.41 Å². The smallest absolute Gasteiger partial charge is 0.0467 e. The first-order valence-electron chi connectivity index (χ1n) is 6.08. The highest BCUT2D eigenvalue weighted by molar-refractivity contribution is 6.35. The summed E-state index contributed by atoms with van der Waals surface area (Å²) >= 11 is 12.0. The average Bonchev–Trinajstić information content (AvgIpc) is 2.29. The van der Waals surface area contributed by atoms with Gasteiger partial charge in [-0.05, 0) is 29.5 Å². The minimum atomic E-state index is 0.217. The van der Waals surface area contributed by atoms with E-state index in [1.165, 1.54) is 0 Å². The van der Waals surface area contributed by atoms with E-state index in [4.69, 9.17) is 27.9 Å². The lowest BCUT2D eigenvalue weighted by Gasteiger charge is -2.24. The standard InChI is InChI=1S/C14H21Cl2NO/c1-14(2,6-7-18-3)10-17-9-11-4-5-12(15)8-13(11)16/h4-5,8,17H,6-7,9-10H2,1-3H3. The van der Waals surface area contributed by atoms with Crippen LogP contribution in [0.4, 0.5) is 0 Å². The Bertz CT molecular complexity index is 380. The number of rotatable bonds is 7. The lowest BCUT2D eigenvalue weighted by Crippen LogP contribution is -2.30. The molecule has 1 aromatic rings. The molecule has 0 aliphatic rings. The topological polar surface area (TPSA) is 21.3 Å². The van der Waals surface area contributed by atoms with Gasteiger partial charge in [0.2, 0.25) is 0 Å². The second kappa shape index (κ2) is 7.34. The number of hydrogen-bond acceptors (Lipinski definition) is 2. The molecule has 1 rings (SSSR count). The molecule has 0 aromatic heterocycles. The van der Waals surface area contributed by atoms with Crippen molar-refractivity contribution in [2.45, 2.75) is 26.8 Å². The third kappa shape index (κ3) is 5.57. The van der Waals surface area contributed by atoms with Crippen LogP contribution in [-0.2, 0) is 11.3 Å². The van der Waals surface area contributed by atoms with Gasteiger partial charge in [-0.1, -0.05) is 43.1 Å². The summed E-state index contributed by atoms with van der Waals surface area (Å²) in [5.41, 5.74) is 1.29. The van der Waals surface area contributed by atoms with Crippen molar-refractivity contribution in [2.75, 3.05) is 20.3 Å².